The Morgan fingerprint density at radius 1 is 1.14 bits per heavy atom. The van der Waals surface area contributed by atoms with Crippen molar-refractivity contribution in [2.75, 3.05) is 13.1 Å². The molecule has 1 saturated heterocycles. The average molecular weight is 197 g/mol. The summed E-state index contributed by atoms with van der Waals surface area (Å²) >= 11 is 0. The van der Waals surface area contributed by atoms with Gasteiger partial charge in [0.2, 0.25) is 0 Å². The predicted molar refractivity (Wildman–Crippen MR) is 54.2 cm³/mol. The van der Waals surface area contributed by atoms with Crippen LogP contribution in [-0.4, -0.2) is 29.7 Å². The van der Waals surface area contributed by atoms with Gasteiger partial charge in [0.1, 0.15) is 5.60 Å². The number of amides is 1. The Labute approximate surface area is 85.4 Å². The molecule has 1 aliphatic heterocycles. The van der Waals surface area contributed by atoms with Crippen LogP contribution >= 0.6 is 0 Å². The molecular formula is C11H19NO2. The normalized spacial score (nSPS) is 25.4. The first kappa shape index (κ1) is 9.81. The van der Waals surface area contributed by atoms with Crippen molar-refractivity contribution >= 4 is 6.09 Å². The highest BCUT2D eigenvalue weighted by atomic mass is 16.6. The van der Waals surface area contributed by atoms with E-state index in [0.717, 1.165) is 38.8 Å². The van der Waals surface area contributed by atoms with E-state index in [0.29, 0.717) is 0 Å². The number of carbonyl (C=O) groups excluding carboxylic acids is 1. The van der Waals surface area contributed by atoms with E-state index in [-0.39, 0.29) is 11.7 Å². The van der Waals surface area contributed by atoms with Crippen molar-refractivity contribution < 1.29 is 9.53 Å². The zero-order valence-corrected chi connectivity index (χ0v) is 8.92. The molecule has 80 valence electrons. The molecule has 0 aromatic heterocycles. The number of ether oxygens (including phenoxy) is 1. The summed E-state index contributed by atoms with van der Waals surface area (Å²) in [5.41, 5.74) is -0.167. The van der Waals surface area contributed by atoms with Crippen LogP contribution in [0.2, 0.25) is 0 Å². The molecule has 2 aliphatic rings. The predicted octanol–water partition coefficient (Wildman–Crippen LogP) is 2.55. The summed E-state index contributed by atoms with van der Waals surface area (Å²) in [6.45, 7) is 3.83. The molecule has 0 aromatic rings. The number of nitrogens with zero attached hydrogens (tertiary/aromatic N) is 1. The first-order valence-corrected chi connectivity index (χ1v) is 5.68. The van der Waals surface area contributed by atoms with Gasteiger partial charge in [0.05, 0.1) is 0 Å². The summed E-state index contributed by atoms with van der Waals surface area (Å²) < 4.78 is 5.57. The molecule has 1 heterocycles. The molecule has 0 N–H and O–H groups in total. The maximum Gasteiger partial charge on any atom is 0.410 e. The lowest BCUT2D eigenvalue weighted by Crippen LogP contribution is -2.36. The summed E-state index contributed by atoms with van der Waals surface area (Å²) in [7, 11) is 0. The number of carbonyl (C=O) groups is 1. The van der Waals surface area contributed by atoms with E-state index in [1.54, 1.807) is 0 Å². The third-order valence-electron chi connectivity index (χ3n) is 3.36. The zero-order chi connectivity index (χ0) is 10.0. The Hall–Kier alpha value is -0.730. The minimum absolute atomic E-state index is 0.0908. The Morgan fingerprint density at radius 3 is 2.29 bits per heavy atom. The number of likely N-dealkylation sites (tertiary alicyclic amines) is 1. The van der Waals surface area contributed by atoms with Crippen LogP contribution in [0.5, 0.6) is 0 Å². The van der Waals surface area contributed by atoms with Crippen LogP contribution in [0.15, 0.2) is 0 Å². The van der Waals surface area contributed by atoms with E-state index in [1.807, 2.05) is 4.90 Å². The van der Waals surface area contributed by atoms with Gasteiger partial charge in [-0.25, -0.2) is 4.79 Å². The highest BCUT2D eigenvalue weighted by Crippen LogP contribution is 2.33. The van der Waals surface area contributed by atoms with Crippen LogP contribution < -0.4 is 0 Å². The standard InChI is InChI=1S/C11H19NO2/c1-11(6-2-3-7-11)14-10(13)12-8-4-5-9-12/h2-9H2,1H3. The van der Waals surface area contributed by atoms with Gasteiger partial charge in [-0.15, -0.1) is 0 Å². The third-order valence-corrected chi connectivity index (χ3v) is 3.36. The summed E-state index contributed by atoms with van der Waals surface area (Å²) in [5, 5.41) is 0. The SMILES string of the molecule is CC1(OC(=O)N2CCCC2)CCCC1. The molecule has 0 unspecified atom stereocenters. The Kier molecular flexibility index (Phi) is 2.66. The molecule has 2 rings (SSSR count). The van der Waals surface area contributed by atoms with Gasteiger partial charge in [-0.1, -0.05) is 0 Å². The fraction of sp³-hybridized carbons (Fsp3) is 0.909. The van der Waals surface area contributed by atoms with Crippen LogP contribution in [0, 0.1) is 0 Å². The first-order chi connectivity index (χ1) is 6.70. The summed E-state index contributed by atoms with van der Waals surface area (Å²) in [6.07, 6.45) is 6.64. The summed E-state index contributed by atoms with van der Waals surface area (Å²) in [4.78, 5) is 13.5. The molecule has 2 fully saturated rings. The van der Waals surface area contributed by atoms with Crippen LogP contribution in [0.3, 0.4) is 0 Å². The van der Waals surface area contributed by atoms with Crippen molar-refractivity contribution in [3.8, 4) is 0 Å². The van der Waals surface area contributed by atoms with Gasteiger partial charge in [-0.05, 0) is 45.4 Å². The van der Waals surface area contributed by atoms with Crippen molar-refractivity contribution in [1.29, 1.82) is 0 Å². The number of hydrogen-bond acceptors (Lipinski definition) is 2. The Bertz CT molecular complexity index is 215. The molecular weight excluding hydrogens is 178 g/mol. The molecule has 3 nitrogen and oxygen atoms in total. The lowest BCUT2D eigenvalue weighted by atomic mass is 10.1. The molecule has 0 atom stereocenters. The second kappa shape index (κ2) is 3.79. The van der Waals surface area contributed by atoms with E-state index < -0.39 is 0 Å². The fourth-order valence-electron chi connectivity index (χ4n) is 2.40. The molecule has 3 heteroatoms. The van der Waals surface area contributed by atoms with E-state index >= 15 is 0 Å². The largest absolute Gasteiger partial charge is 0.443 e. The molecule has 0 bridgehead atoms. The highest BCUT2D eigenvalue weighted by Gasteiger charge is 2.34. The van der Waals surface area contributed by atoms with E-state index in [2.05, 4.69) is 6.92 Å². The second-order valence-corrected chi connectivity index (χ2v) is 4.72. The van der Waals surface area contributed by atoms with Crippen LogP contribution in [0.1, 0.15) is 45.4 Å². The van der Waals surface area contributed by atoms with E-state index in [4.69, 9.17) is 4.74 Å². The molecule has 0 radical (unpaired) electrons. The van der Waals surface area contributed by atoms with E-state index in [1.165, 1.54) is 12.8 Å². The topological polar surface area (TPSA) is 29.5 Å². The number of hydrogen-bond donors (Lipinski definition) is 0. The maximum atomic E-state index is 11.7. The van der Waals surface area contributed by atoms with Crippen LogP contribution in [-0.2, 0) is 4.74 Å². The molecule has 1 saturated carbocycles. The van der Waals surface area contributed by atoms with Gasteiger partial charge in [-0.3, -0.25) is 0 Å². The Balaban J connectivity index is 1.86. The minimum atomic E-state index is -0.167. The van der Waals surface area contributed by atoms with Crippen molar-refractivity contribution in [2.45, 2.75) is 51.0 Å². The Morgan fingerprint density at radius 2 is 1.71 bits per heavy atom. The van der Waals surface area contributed by atoms with Gasteiger partial charge in [-0.2, -0.15) is 0 Å². The first-order valence-electron chi connectivity index (χ1n) is 5.68. The maximum absolute atomic E-state index is 11.7. The lowest BCUT2D eigenvalue weighted by molar-refractivity contribution is 0.0102. The molecule has 14 heavy (non-hydrogen) atoms. The highest BCUT2D eigenvalue weighted by molar-refractivity contribution is 5.68. The quantitative estimate of drug-likeness (QED) is 0.646. The lowest BCUT2D eigenvalue weighted by Gasteiger charge is -2.27. The third kappa shape index (κ3) is 2.02. The molecule has 1 aliphatic carbocycles. The van der Waals surface area contributed by atoms with Gasteiger partial charge in [0, 0.05) is 13.1 Å². The molecule has 0 aromatic carbocycles. The second-order valence-electron chi connectivity index (χ2n) is 4.72. The molecule has 1 amide bonds. The number of rotatable bonds is 1. The van der Waals surface area contributed by atoms with Crippen molar-refractivity contribution in [2.24, 2.45) is 0 Å². The van der Waals surface area contributed by atoms with Gasteiger partial charge in [0.25, 0.3) is 0 Å². The van der Waals surface area contributed by atoms with Crippen LogP contribution in [0.25, 0.3) is 0 Å². The van der Waals surface area contributed by atoms with E-state index in [9.17, 15) is 4.79 Å². The zero-order valence-electron chi connectivity index (χ0n) is 8.92. The fourth-order valence-corrected chi connectivity index (χ4v) is 2.40. The average Bonchev–Trinajstić information content (AvgIpc) is 2.74. The monoisotopic (exact) mass is 197 g/mol. The molecule has 0 spiro atoms. The van der Waals surface area contributed by atoms with Gasteiger partial charge < -0.3 is 9.64 Å². The minimum Gasteiger partial charge on any atom is -0.443 e. The van der Waals surface area contributed by atoms with Crippen molar-refractivity contribution in [3.05, 3.63) is 0 Å². The van der Waals surface area contributed by atoms with Crippen LogP contribution in [0.4, 0.5) is 4.79 Å². The summed E-state index contributed by atoms with van der Waals surface area (Å²) in [6, 6.07) is 0. The van der Waals surface area contributed by atoms with Crippen molar-refractivity contribution in [3.63, 3.8) is 0 Å². The smallest absolute Gasteiger partial charge is 0.410 e. The summed E-state index contributed by atoms with van der Waals surface area (Å²) in [5.74, 6) is 0. The van der Waals surface area contributed by atoms with Gasteiger partial charge >= 0.3 is 6.09 Å². The van der Waals surface area contributed by atoms with Crippen molar-refractivity contribution in [1.82, 2.24) is 4.90 Å². The van der Waals surface area contributed by atoms with Gasteiger partial charge in [0.15, 0.2) is 0 Å².